The van der Waals surface area contributed by atoms with Crippen molar-refractivity contribution < 1.29 is 4.79 Å². The van der Waals surface area contributed by atoms with Crippen molar-refractivity contribution in [2.45, 2.75) is 47.1 Å². The first-order chi connectivity index (χ1) is 5.82. The van der Waals surface area contributed by atoms with Gasteiger partial charge in [0.1, 0.15) is 0 Å². The van der Waals surface area contributed by atoms with Crippen molar-refractivity contribution in [3.8, 4) is 0 Å². The summed E-state index contributed by atoms with van der Waals surface area (Å²) >= 11 is 0. The number of carbonyl (C=O) groups is 1. The highest BCUT2D eigenvalue weighted by Crippen LogP contribution is 2.26. The van der Waals surface area contributed by atoms with Gasteiger partial charge in [0.05, 0.1) is 12.5 Å². The van der Waals surface area contributed by atoms with E-state index in [9.17, 15) is 4.79 Å². The molecule has 0 radical (unpaired) electrons. The Labute approximate surface area is 79.8 Å². The number of carbonyl (C=O) groups excluding carboxylic acids is 1. The van der Waals surface area contributed by atoms with Crippen molar-refractivity contribution >= 4 is 11.6 Å². The minimum Gasteiger partial charge on any atom is -0.273 e. The average Bonchev–Trinajstić information content (AvgIpc) is 2.26. The summed E-state index contributed by atoms with van der Waals surface area (Å²) in [5.74, 6) is 0.125. The molecule has 1 amide bonds. The SMILES string of the molecule is CC1=NN(C(C)C(C)(C)C)C(=O)C1. The largest absolute Gasteiger partial charge is 0.273 e. The van der Waals surface area contributed by atoms with Crippen LogP contribution >= 0.6 is 0 Å². The van der Waals surface area contributed by atoms with E-state index in [2.05, 4.69) is 25.9 Å². The maximum absolute atomic E-state index is 11.5. The summed E-state index contributed by atoms with van der Waals surface area (Å²) in [7, 11) is 0. The van der Waals surface area contributed by atoms with E-state index >= 15 is 0 Å². The molecule has 3 nitrogen and oxygen atoms in total. The number of hydrogen-bond donors (Lipinski definition) is 0. The Hall–Kier alpha value is -0.860. The molecule has 1 unspecified atom stereocenters. The van der Waals surface area contributed by atoms with Gasteiger partial charge in [-0.2, -0.15) is 5.10 Å². The van der Waals surface area contributed by atoms with Gasteiger partial charge in [0.15, 0.2) is 0 Å². The van der Waals surface area contributed by atoms with Gasteiger partial charge in [-0.15, -0.1) is 0 Å². The summed E-state index contributed by atoms with van der Waals surface area (Å²) in [5, 5.41) is 5.86. The highest BCUT2D eigenvalue weighted by atomic mass is 16.2. The topological polar surface area (TPSA) is 32.7 Å². The molecule has 0 aromatic rings. The Morgan fingerprint density at radius 3 is 2.31 bits per heavy atom. The highest BCUT2D eigenvalue weighted by Gasteiger charge is 2.32. The van der Waals surface area contributed by atoms with E-state index in [0.29, 0.717) is 6.42 Å². The molecule has 1 heterocycles. The molecule has 0 fully saturated rings. The van der Waals surface area contributed by atoms with Gasteiger partial charge in [0, 0.05) is 5.71 Å². The second-order valence-electron chi connectivity index (χ2n) is 4.79. The Kier molecular flexibility index (Phi) is 2.46. The van der Waals surface area contributed by atoms with Gasteiger partial charge >= 0.3 is 0 Å². The molecule has 0 N–H and O–H groups in total. The van der Waals surface area contributed by atoms with Gasteiger partial charge in [-0.3, -0.25) is 4.79 Å². The van der Waals surface area contributed by atoms with Crippen LogP contribution in [0.5, 0.6) is 0 Å². The lowest BCUT2D eigenvalue weighted by Crippen LogP contribution is -2.40. The van der Waals surface area contributed by atoms with Gasteiger partial charge in [-0.1, -0.05) is 20.8 Å². The lowest BCUT2D eigenvalue weighted by molar-refractivity contribution is -0.132. The minimum atomic E-state index is 0.0871. The van der Waals surface area contributed by atoms with Crippen LogP contribution in [0.1, 0.15) is 41.0 Å². The van der Waals surface area contributed by atoms with E-state index in [4.69, 9.17) is 0 Å². The average molecular weight is 182 g/mol. The van der Waals surface area contributed by atoms with Crippen molar-refractivity contribution in [3.63, 3.8) is 0 Å². The van der Waals surface area contributed by atoms with Gasteiger partial charge in [0.25, 0.3) is 0 Å². The predicted octanol–water partition coefficient (Wildman–Crippen LogP) is 2.03. The first kappa shape index (κ1) is 10.2. The Balaban J connectivity index is 2.79. The molecule has 0 aliphatic carbocycles. The first-order valence-electron chi connectivity index (χ1n) is 4.68. The fraction of sp³-hybridized carbons (Fsp3) is 0.800. The summed E-state index contributed by atoms with van der Waals surface area (Å²) in [5.41, 5.74) is 1.00. The van der Waals surface area contributed by atoms with E-state index in [1.165, 1.54) is 0 Å². The lowest BCUT2D eigenvalue weighted by atomic mass is 9.87. The van der Waals surface area contributed by atoms with Crippen LogP contribution in [0.3, 0.4) is 0 Å². The third-order valence-corrected chi connectivity index (χ3v) is 2.56. The first-order valence-corrected chi connectivity index (χ1v) is 4.68. The Bertz CT molecular complexity index is 250. The van der Waals surface area contributed by atoms with Crippen molar-refractivity contribution in [1.29, 1.82) is 0 Å². The third kappa shape index (κ3) is 2.08. The molecule has 0 spiro atoms. The van der Waals surface area contributed by atoms with Crippen molar-refractivity contribution in [3.05, 3.63) is 0 Å². The van der Waals surface area contributed by atoms with Gasteiger partial charge in [-0.05, 0) is 19.3 Å². The van der Waals surface area contributed by atoms with Gasteiger partial charge < -0.3 is 0 Å². The fourth-order valence-corrected chi connectivity index (χ4v) is 1.24. The van der Waals surface area contributed by atoms with E-state index in [0.717, 1.165) is 5.71 Å². The normalized spacial score (nSPS) is 20.5. The maximum atomic E-state index is 11.5. The highest BCUT2D eigenvalue weighted by molar-refractivity contribution is 6.03. The summed E-state index contributed by atoms with van der Waals surface area (Å²) in [6, 6.07) is 0.164. The molecule has 0 saturated carbocycles. The molecule has 1 rings (SSSR count). The second-order valence-corrected chi connectivity index (χ2v) is 4.79. The smallest absolute Gasteiger partial charge is 0.248 e. The van der Waals surface area contributed by atoms with E-state index < -0.39 is 0 Å². The number of amides is 1. The molecule has 0 aromatic heterocycles. The van der Waals surface area contributed by atoms with E-state index in [-0.39, 0.29) is 17.4 Å². The summed E-state index contributed by atoms with van der Waals surface area (Å²) in [4.78, 5) is 11.5. The zero-order chi connectivity index (χ0) is 10.2. The van der Waals surface area contributed by atoms with E-state index in [1.807, 2.05) is 13.8 Å². The predicted molar refractivity (Wildman–Crippen MR) is 53.5 cm³/mol. The van der Waals surface area contributed by atoms with Crippen LogP contribution in [-0.2, 0) is 4.79 Å². The van der Waals surface area contributed by atoms with E-state index in [1.54, 1.807) is 5.01 Å². The molecule has 1 aliphatic heterocycles. The second kappa shape index (κ2) is 3.13. The molecule has 0 aromatic carbocycles. The van der Waals surface area contributed by atoms with Crippen LogP contribution in [-0.4, -0.2) is 22.7 Å². The third-order valence-electron chi connectivity index (χ3n) is 2.56. The molecule has 74 valence electrons. The zero-order valence-corrected chi connectivity index (χ0v) is 9.09. The van der Waals surface area contributed by atoms with Crippen LogP contribution in [0.2, 0.25) is 0 Å². The number of hydrogen-bond acceptors (Lipinski definition) is 2. The van der Waals surface area contributed by atoms with Crippen LogP contribution in [0.15, 0.2) is 5.10 Å². The molecule has 13 heavy (non-hydrogen) atoms. The number of nitrogens with zero attached hydrogens (tertiary/aromatic N) is 2. The quantitative estimate of drug-likeness (QED) is 0.610. The summed E-state index contributed by atoms with van der Waals surface area (Å²) in [6.45, 7) is 10.3. The van der Waals surface area contributed by atoms with Gasteiger partial charge in [-0.25, -0.2) is 5.01 Å². The molecule has 3 heteroatoms. The van der Waals surface area contributed by atoms with Crippen LogP contribution in [0.4, 0.5) is 0 Å². The monoisotopic (exact) mass is 182 g/mol. The van der Waals surface area contributed by atoms with Crippen LogP contribution < -0.4 is 0 Å². The molecule has 1 aliphatic rings. The van der Waals surface area contributed by atoms with Crippen molar-refractivity contribution in [1.82, 2.24) is 5.01 Å². The van der Waals surface area contributed by atoms with Gasteiger partial charge in [0.2, 0.25) is 5.91 Å². The lowest BCUT2D eigenvalue weighted by Gasteiger charge is -2.32. The Morgan fingerprint density at radius 2 is 2.00 bits per heavy atom. The fourth-order valence-electron chi connectivity index (χ4n) is 1.24. The Morgan fingerprint density at radius 1 is 1.46 bits per heavy atom. The summed E-state index contributed by atoms with van der Waals surface area (Å²) < 4.78 is 0. The van der Waals surface area contributed by atoms with Crippen LogP contribution in [0.25, 0.3) is 0 Å². The zero-order valence-electron chi connectivity index (χ0n) is 9.09. The molecule has 0 saturated heterocycles. The standard InChI is InChI=1S/C10H18N2O/c1-7-6-9(13)12(11-7)8(2)10(3,4)5/h8H,6H2,1-5H3. The summed E-state index contributed by atoms with van der Waals surface area (Å²) in [6.07, 6.45) is 0.487. The molecule has 0 bridgehead atoms. The molecular weight excluding hydrogens is 164 g/mol. The maximum Gasteiger partial charge on any atom is 0.248 e. The minimum absolute atomic E-state index is 0.0871. The number of rotatable bonds is 1. The molecule has 1 atom stereocenters. The number of hydrazone groups is 1. The van der Waals surface area contributed by atoms with Crippen LogP contribution in [0, 0.1) is 5.41 Å². The molecular formula is C10H18N2O. The van der Waals surface area contributed by atoms with Crippen molar-refractivity contribution in [2.75, 3.05) is 0 Å². The van der Waals surface area contributed by atoms with Crippen molar-refractivity contribution in [2.24, 2.45) is 10.5 Å².